The molecule has 1 heterocycles. The molecule has 0 amide bonds. The van der Waals surface area contributed by atoms with Gasteiger partial charge in [-0.1, -0.05) is 22.0 Å². The molecule has 25 heavy (non-hydrogen) atoms. The lowest BCUT2D eigenvalue weighted by atomic mass is 9.59. The van der Waals surface area contributed by atoms with E-state index in [-0.39, 0.29) is 22.8 Å². The third kappa shape index (κ3) is 2.54. The number of nitriles is 3. The number of benzene rings is 1. The van der Waals surface area contributed by atoms with E-state index >= 15 is 0 Å². The Morgan fingerprint density at radius 2 is 2.00 bits per heavy atom. The summed E-state index contributed by atoms with van der Waals surface area (Å²) in [6, 6.07) is 10.5. The zero-order chi connectivity index (χ0) is 18.2. The van der Waals surface area contributed by atoms with Crippen LogP contribution in [0.5, 0.6) is 0 Å². The first-order valence-corrected chi connectivity index (χ1v) is 9.41. The average Bonchev–Trinajstić information content (AvgIpc) is 2.63. The average molecular weight is 415 g/mol. The molecule has 0 saturated heterocycles. The van der Waals surface area contributed by atoms with Crippen LogP contribution in [0, 0.1) is 51.1 Å². The number of hydrogen-bond donors (Lipinski definition) is 1. The normalized spacial score (nSPS) is 24.4. The molecule has 1 aliphatic carbocycles. The molecular weight excluding hydrogens is 403 g/mol. The number of thioether (sulfide) groups is 1. The molecule has 0 fully saturated rings. The Morgan fingerprint density at radius 3 is 2.64 bits per heavy atom. The molecule has 2 N–H and O–H groups in total. The van der Waals surface area contributed by atoms with Gasteiger partial charge in [0.15, 0.2) is 5.41 Å². The highest BCUT2D eigenvalue weighted by atomic mass is 79.9. The van der Waals surface area contributed by atoms with Gasteiger partial charge in [-0.25, -0.2) is 4.39 Å². The lowest BCUT2D eigenvalue weighted by Crippen LogP contribution is -2.44. The van der Waals surface area contributed by atoms with Gasteiger partial charge >= 0.3 is 0 Å². The van der Waals surface area contributed by atoms with Crippen LogP contribution in [0.1, 0.15) is 11.5 Å². The Morgan fingerprint density at radius 1 is 1.28 bits per heavy atom. The number of hydrogen-bond acceptors (Lipinski definition) is 5. The summed E-state index contributed by atoms with van der Waals surface area (Å²) in [4.78, 5) is 0. The van der Waals surface area contributed by atoms with Gasteiger partial charge in [0.1, 0.15) is 11.9 Å². The lowest BCUT2D eigenvalue weighted by molar-refractivity contribution is 0.357. The van der Waals surface area contributed by atoms with E-state index in [9.17, 15) is 20.2 Å². The minimum absolute atomic E-state index is 0.0845. The quantitative estimate of drug-likeness (QED) is 0.754. The molecule has 0 unspecified atom stereocenters. The monoisotopic (exact) mass is 414 g/mol. The standard InChI is InChI=1S/C18H12BrFN4S/c19-10-1-2-15(20)12(5-10)16-14-7-25-4-3-11(14)13(6-21)17(24)18(16,8-22)9-23/h1-3,5,14,16H,4,7,24H2/t14-,16+/m1/s1. The van der Waals surface area contributed by atoms with Crippen LogP contribution in [-0.4, -0.2) is 11.5 Å². The summed E-state index contributed by atoms with van der Waals surface area (Å²) in [6.45, 7) is 0. The van der Waals surface area contributed by atoms with Crippen molar-refractivity contribution in [3.05, 3.63) is 57.0 Å². The Balaban J connectivity index is 2.38. The first kappa shape index (κ1) is 17.5. The fourth-order valence-corrected chi connectivity index (χ4v) is 5.02. The van der Waals surface area contributed by atoms with Crippen LogP contribution < -0.4 is 5.73 Å². The molecule has 1 aromatic carbocycles. The van der Waals surface area contributed by atoms with Crippen LogP contribution >= 0.6 is 27.7 Å². The summed E-state index contributed by atoms with van der Waals surface area (Å²) in [6.07, 6.45) is 1.89. The summed E-state index contributed by atoms with van der Waals surface area (Å²) in [5.41, 5.74) is 5.43. The van der Waals surface area contributed by atoms with Crippen molar-refractivity contribution in [2.24, 2.45) is 17.1 Å². The summed E-state index contributed by atoms with van der Waals surface area (Å²) in [7, 11) is 0. The second-order valence-corrected chi connectivity index (χ2v) is 7.87. The van der Waals surface area contributed by atoms with Gasteiger partial charge in [-0.05, 0) is 29.3 Å². The van der Waals surface area contributed by atoms with Crippen molar-refractivity contribution >= 4 is 27.7 Å². The molecule has 1 aromatic rings. The Labute approximate surface area is 157 Å². The second kappa shape index (κ2) is 6.56. The maximum absolute atomic E-state index is 14.6. The molecule has 2 atom stereocenters. The Hall–Kier alpha value is -2.27. The fourth-order valence-electron chi connectivity index (χ4n) is 3.58. The van der Waals surface area contributed by atoms with E-state index in [4.69, 9.17) is 5.73 Å². The van der Waals surface area contributed by atoms with Crippen molar-refractivity contribution in [3.8, 4) is 18.2 Å². The van der Waals surface area contributed by atoms with Crippen LogP contribution in [0.25, 0.3) is 0 Å². The van der Waals surface area contributed by atoms with Gasteiger partial charge in [-0.15, -0.1) is 0 Å². The molecule has 3 rings (SSSR count). The first-order chi connectivity index (χ1) is 12.0. The highest BCUT2D eigenvalue weighted by Crippen LogP contribution is 2.55. The molecule has 0 bridgehead atoms. The number of halogens is 2. The highest BCUT2D eigenvalue weighted by Gasteiger charge is 2.54. The van der Waals surface area contributed by atoms with E-state index < -0.39 is 17.2 Å². The Kier molecular flexibility index (Phi) is 4.60. The van der Waals surface area contributed by atoms with Gasteiger partial charge in [0.05, 0.1) is 23.4 Å². The summed E-state index contributed by atoms with van der Waals surface area (Å²) in [5.74, 6) is -0.304. The Bertz CT molecular complexity index is 918. The molecule has 0 radical (unpaired) electrons. The molecular formula is C18H12BrFN4S. The fraction of sp³-hybridized carbons (Fsp3) is 0.278. The van der Waals surface area contributed by atoms with Crippen LogP contribution in [0.4, 0.5) is 4.39 Å². The number of fused-ring (bicyclic) bond motifs is 1. The predicted octanol–water partition coefficient (Wildman–Crippen LogP) is 3.74. The molecule has 0 aromatic heterocycles. The van der Waals surface area contributed by atoms with Gasteiger partial charge in [-0.3, -0.25) is 0 Å². The van der Waals surface area contributed by atoms with Crippen molar-refractivity contribution in [2.75, 3.05) is 11.5 Å². The zero-order valence-electron chi connectivity index (χ0n) is 13.0. The number of rotatable bonds is 1. The maximum Gasteiger partial charge on any atom is 0.191 e. The van der Waals surface area contributed by atoms with Gasteiger partial charge in [0, 0.05) is 27.8 Å². The summed E-state index contributed by atoms with van der Waals surface area (Å²) >= 11 is 4.95. The predicted molar refractivity (Wildman–Crippen MR) is 96.2 cm³/mol. The minimum atomic E-state index is -1.79. The van der Waals surface area contributed by atoms with Crippen molar-refractivity contribution in [1.82, 2.24) is 0 Å². The zero-order valence-corrected chi connectivity index (χ0v) is 15.4. The molecule has 124 valence electrons. The third-order valence-electron chi connectivity index (χ3n) is 4.73. The van der Waals surface area contributed by atoms with Gasteiger partial charge in [0.2, 0.25) is 0 Å². The van der Waals surface area contributed by atoms with Gasteiger partial charge in [-0.2, -0.15) is 27.5 Å². The largest absolute Gasteiger partial charge is 0.399 e. The topological polar surface area (TPSA) is 97.4 Å². The number of nitrogens with zero attached hydrogens (tertiary/aromatic N) is 3. The van der Waals surface area contributed by atoms with Crippen molar-refractivity contribution in [2.45, 2.75) is 5.92 Å². The smallest absolute Gasteiger partial charge is 0.191 e. The molecule has 0 spiro atoms. The van der Waals surface area contributed by atoms with Crippen molar-refractivity contribution in [1.29, 1.82) is 15.8 Å². The van der Waals surface area contributed by atoms with Gasteiger partial charge < -0.3 is 5.73 Å². The van der Waals surface area contributed by atoms with Crippen LogP contribution in [0.2, 0.25) is 0 Å². The van der Waals surface area contributed by atoms with E-state index in [1.807, 2.05) is 24.3 Å². The third-order valence-corrected chi connectivity index (χ3v) is 6.22. The SMILES string of the molecule is N#CC1=C(N)C(C#N)(C#N)[C@@H](c2cc(Br)ccc2F)[C@@H]2CSCC=C12. The van der Waals surface area contributed by atoms with Crippen LogP contribution in [0.15, 0.2) is 45.6 Å². The van der Waals surface area contributed by atoms with E-state index in [1.165, 1.54) is 6.07 Å². The van der Waals surface area contributed by atoms with E-state index in [0.29, 0.717) is 21.6 Å². The lowest BCUT2D eigenvalue weighted by Gasteiger charge is -2.43. The molecule has 7 heteroatoms. The molecule has 4 nitrogen and oxygen atoms in total. The van der Waals surface area contributed by atoms with E-state index in [1.54, 1.807) is 23.9 Å². The summed E-state index contributed by atoms with van der Waals surface area (Å²) in [5, 5.41) is 29.2. The maximum atomic E-state index is 14.6. The van der Waals surface area contributed by atoms with Crippen LogP contribution in [-0.2, 0) is 0 Å². The molecule has 1 aliphatic heterocycles. The second-order valence-electron chi connectivity index (χ2n) is 5.88. The minimum Gasteiger partial charge on any atom is -0.399 e. The first-order valence-electron chi connectivity index (χ1n) is 7.46. The number of nitrogens with two attached hydrogens (primary N) is 1. The highest BCUT2D eigenvalue weighted by molar-refractivity contribution is 9.10. The molecule has 0 saturated carbocycles. The van der Waals surface area contributed by atoms with Crippen LogP contribution in [0.3, 0.4) is 0 Å². The van der Waals surface area contributed by atoms with Crippen molar-refractivity contribution in [3.63, 3.8) is 0 Å². The van der Waals surface area contributed by atoms with E-state index in [2.05, 4.69) is 15.9 Å². The molecule has 2 aliphatic rings. The van der Waals surface area contributed by atoms with Crippen molar-refractivity contribution < 1.29 is 4.39 Å². The number of allylic oxidation sites excluding steroid dienone is 3. The summed E-state index contributed by atoms with van der Waals surface area (Å²) < 4.78 is 15.3. The van der Waals surface area contributed by atoms with E-state index in [0.717, 1.165) is 0 Å². The van der Waals surface area contributed by atoms with Gasteiger partial charge in [0.25, 0.3) is 0 Å².